The molecule has 0 atom stereocenters. The average Bonchev–Trinajstić information content (AvgIpc) is 3.65. The normalized spacial score (nSPS) is 15.7. The Morgan fingerprint density at radius 2 is 1.90 bits per heavy atom. The first-order valence-electron chi connectivity index (χ1n) is 13.4. The second-order valence-electron chi connectivity index (χ2n) is 10.1. The lowest BCUT2D eigenvalue weighted by Gasteiger charge is -2.27. The monoisotopic (exact) mass is 527 g/mol. The van der Waals surface area contributed by atoms with E-state index >= 15 is 8.78 Å². The molecule has 2 aromatic carbocycles. The van der Waals surface area contributed by atoms with Gasteiger partial charge in [0.2, 0.25) is 5.82 Å². The number of anilines is 2. The van der Waals surface area contributed by atoms with Crippen LogP contribution in [0.15, 0.2) is 85.0 Å². The summed E-state index contributed by atoms with van der Waals surface area (Å²) >= 11 is 0. The molecule has 4 aromatic rings. The molecule has 9 heteroatoms. The zero-order valence-corrected chi connectivity index (χ0v) is 21.7. The van der Waals surface area contributed by atoms with Crippen LogP contribution in [0.5, 0.6) is 0 Å². The van der Waals surface area contributed by atoms with Gasteiger partial charge in [-0.1, -0.05) is 48.0 Å². The van der Waals surface area contributed by atoms with Crippen molar-refractivity contribution < 1.29 is 8.78 Å². The third kappa shape index (κ3) is 5.98. The highest BCUT2D eigenvalue weighted by atomic mass is 19.1. The van der Waals surface area contributed by atoms with Gasteiger partial charge in [0.1, 0.15) is 12.1 Å². The van der Waals surface area contributed by atoms with Crippen LogP contribution in [0, 0.1) is 11.6 Å². The summed E-state index contributed by atoms with van der Waals surface area (Å²) in [5.41, 5.74) is 3.66. The molecule has 0 saturated heterocycles. The third-order valence-electron chi connectivity index (χ3n) is 7.30. The van der Waals surface area contributed by atoms with Crippen molar-refractivity contribution in [1.29, 1.82) is 0 Å². The number of hydrogen-bond donors (Lipinski definition) is 1. The molecule has 6 rings (SSSR count). The Morgan fingerprint density at radius 1 is 1.03 bits per heavy atom. The molecule has 1 fully saturated rings. The molecule has 1 saturated carbocycles. The molecule has 1 aliphatic heterocycles. The maximum atomic E-state index is 15.7. The summed E-state index contributed by atoms with van der Waals surface area (Å²) in [6.07, 6.45) is 9.77. The zero-order chi connectivity index (χ0) is 26.6. The number of aromatic nitrogens is 4. The van der Waals surface area contributed by atoms with Crippen molar-refractivity contribution in [2.75, 3.05) is 29.9 Å². The number of rotatable bonds is 10. The predicted octanol–water partition coefficient (Wildman–Crippen LogP) is 5.35. The van der Waals surface area contributed by atoms with Crippen LogP contribution in [0.2, 0.25) is 0 Å². The largest absolute Gasteiger partial charge is 0.364 e. The van der Waals surface area contributed by atoms with Crippen LogP contribution >= 0.6 is 0 Å². The Hall–Kier alpha value is -4.11. The van der Waals surface area contributed by atoms with Crippen LogP contribution in [-0.4, -0.2) is 50.3 Å². The van der Waals surface area contributed by atoms with Crippen LogP contribution < -0.4 is 10.2 Å². The van der Waals surface area contributed by atoms with Gasteiger partial charge in [0.05, 0.1) is 5.69 Å². The van der Waals surface area contributed by atoms with E-state index in [1.807, 2.05) is 17.0 Å². The highest BCUT2D eigenvalue weighted by Crippen LogP contribution is 2.35. The summed E-state index contributed by atoms with van der Waals surface area (Å²) in [6, 6.07) is 17.4. The predicted molar refractivity (Wildman–Crippen MR) is 148 cm³/mol. The van der Waals surface area contributed by atoms with Crippen molar-refractivity contribution in [2.45, 2.75) is 38.4 Å². The molecule has 1 N–H and O–H groups in total. The number of benzene rings is 2. The van der Waals surface area contributed by atoms with Gasteiger partial charge in [0.25, 0.3) is 0 Å². The summed E-state index contributed by atoms with van der Waals surface area (Å²) in [4.78, 5) is 12.7. The summed E-state index contributed by atoms with van der Waals surface area (Å²) in [5.74, 6) is -0.475. The van der Waals surface area contributed by atoms with Gasteiger partial charge in [0.15, 0.2) is 11.6 Å². The lowest BCUT2D eigenvalue weighted by Crippen LogP contribution is -2.30. The van der Waals surface area contributed by atoms with E-state index in [0.717, 1.165) is 38.9 Å². The fourth-order valence-corrected chi connectivity index (χ4v) is 4.96. The molecule has 0 unspecified atom stereocenters. The van der Waals surface area contributed by atoms with Crippen molar-refractivity contribution >= 4 is 11.6 Å². The average molecular weight is 528 g/mol. The summed E-state index contributed by atoms with van der Waals surface area (Å²) in [5, 5.41) is 7.33. The topological polar surface area (TPSA) is 62.1 Å². The molecule has 1 aliphatic carbocycles. The lowest BCUT2D eigenvalue weighted by atomic mass is 10.1. The second-order valence-corrected chi connectivity index (χ2v) is 10.1. The number of nitrogens with one attached hydrogen (secondary N) is 1. The molecule has 0 spiro atoms. The smallest absolute Gasteiger partial charge is 0.207 e. The Labute approximate surface area is 226 Å². The van der Waals surface area contributed by atoms with E-state index in [9.17, 15) is 0 Å². The molecule has 200 valence electrons. The van der Waals surface area contributed by atoms with Gasteiger partial charge >= 0.3 is 0 Å². The van der Waals surface area contributed by atoms with E-state index in [2.05, 4.69) is 55.6 Å². The van der Waals surface area contributed by atoms with Gasteiger partial charge in [-0.25, -0.2) is 19.0 Å². The molecule has 7 nitrogen and oxygen atoms in total. The summed E-state index contributed by atoms with van der Waals surface area (Å²) in [7, 11) is 0. The summed E-state index contributed by atoms with van der Waals surface area (Å²) < 4.78 is 32.3. The highest BCUT2D eigenvalue weighted by Gasteiger charge is 2.33. The zero-order valence-electron chi connectivity index (χ0n) is 21.7. The minimum atomic E-state index is -0.500. The molecule has 0 amide bonds. The van der Waals surface area contributed by atoms with Crippen molar-refractivity contribution in [3.8, 4) is 5.69 Å². The molecular formula is C30H31F2N7. The van der Waals surface area contributed by atoms with E-state index in [-0.39, 0.29) is 30.0 Å². The maximum Gasteiger partial charge on any atom is 0.207 e. The van der Waals surface area contributed by atoms with E-state index in [4.69, 9.17) is 0 Å². The Kier molecular flexibility index (Phi) is 7.31. The second kappa shape index (κ2) is 11.3. The standard InChI is InChI=1S/C30H31F2N7/c31-27-17-26(39-14-4-13-36-39)8-7-24(27)20-38(25-9-10-25)30-28(32)29(34-21-35-30)33-18-22-11-15-37(16-12-22)19-23-5-2-1-3-6-23/h1-8,11,13-14,17,21,25H,9-10,12,15-16,18-20H2,(H,33,34,35). The Bertz CT molecular complexity index is 1440. The molecule has 0 bridgehead atoms. The number of halogens is 2. The van der Waals surface area contributed by atoms with E-state index < -0.39 is 5.82 Å². The van der Waals surface area contributed by atoms with Crippen molar-refractivity contribution in [3.63, 3.8) is 0 Å². The molecule has 39 heavy (non-hydrogen) atoms. The van der Waals surface area contributed by atoms with Crippen molar-refractivity contribution in [3.05, 3.63) is 108 Å². The fourth-order valence-electron chi connectivity index (χ4n) is 4.96. The first-order chi connectivity index (χ1) is 19.1. The van der Waals surface area contributed by atoms with Crippen LogP contribution in [0.4, 0.5) is 20.4 Å². The number of hydrogen-bond acceptors (Lipinski definition) is 6. The summed E-state index contributed by atoms with van der Waals surface area (Å²) in [6.45, 7) is 3.50. The fraction of sp³-hybridized carbons (Fsp3) is 0.300. The van der Waals surface area contributed by atoms with Gasteiger partial charge in [0, 0.05) is 56.7 Å². The minimum Gasteiger partial charge on any atom is -0.364 e. The van der Waals surface area contributed by atoms with Crippen LogP contribution in [0.1, 0.15) is 30.4 Å². The third-order valence-corrected chi connectivity index (χ3v) is 7.30. The van der Waals surface area contributed by atoms with E-state index in [1.54, 1.807) is 29.2 Å². The molecular weight excluding hydrogens is 496 g/mol. The van der Waals surface area contributed by atoms with Crippen LogP contribution in [0.3, 0.4) is 0 Å². The Balaban J connectivity index is 1.11. The minimum absolute atomic E-state index is 0.129. The molecule has 2 aromatic heterocycles. The highest BCUT2D eigenvalue weighted by molar-refractivity contribution is 5.53. The first kappa shape index (κ1) is 25.2. The van der Waals surface area contributed by atoms with Crippen molar-refractivity contribution in [1.82, 2.24) is 24.6 Å². The van der Waals surface area contributed by atoms with Crippen molar-refractivity contribution in [2.24, 2.45) is 0 Å². The number of nitrogens with zero attached hydrogens (tertiary/aromatic N) is 6. The molecule has 3 heterocycles. The van der Waals surface area contributed by atoms with Gasteiger partial charge in [-0.2, -0.15) is 9.49 Å². The maximum absolute atomic E-state index is 15.7. The lowest BCUT2D eigenvalue weighted by molar-refractivity contribution is 0.285. The van der Waals surface area contributed by atoms with Gasteiger partial charge < -0.3 is 10.2 Å². The van der Waals surface area contributed by atoms with E-state index in [1.165, 1.54) is 23.5 Å². The van der Waals surface area contributed by atoms with Gasteiger partial charge in [-0.15, -0.1) is 0 Å². The molecule has 0 radical (unpaired) electrons. The van der Waals surface area contributed by atoms with Crippen LogP contribution in [0.25, 0.3) is 5.69 Å². The van der Waals surface area contributed by atoms with Gasteiger partial charge in [-0.05, 0) is 43.0 Å². The van der Waals surface area contributed by atoms with E-state index in [0.29, 0.717) is 17.8 Å². The Morgan fingerprint density at radius 3 is 2.62 bits per heavy atom. The van der Waals surface area contributed by atoms with Crippen LogP contribution in [-0.2, 0) is 13.1 Å². The molecule has 2 aliphatic rings. The first-order valence-corrected chi connectivity index (χ1v) is 13.4. The quantitative estimate of drug-likeness (QED) is 0.281. The van der Waals surface area contributed by atoms with Gasteiger partial charge in [-0.3, -0.25) is 4.90 Å². The SMILES string of the molecule is Fc1cc(-n2cccn2)ccc1CN(c1ncnc(NCC2=CCN(Cc3ccccc3)CC2)c1F)C1CC1.